The van der Waals surface area contributed by atoms with Crippen molar-refractivity contribution in [2.45, 2.75) is 26.3 Å². The molecule has 1 aromatic carbocycles. The zero-order valence-electron chi connectivity index (χ0n) is 13.4. The van der Waals surface area contributed by atoms with Gasteiger partial charge in [0.25, 0.3) is 5.91 Å². The number of amides is 1. The minimum atomic E-state index is -0.355. The lowest BCUT2D eigenvalue weighted by atomic mass is 10.1. The van der Waals surface area contributed by atoms with Crippen molar-refractivity contribution in [1.29, 1.82) is 0 Å². The van der Waals surface area contributed by atoms with Gasteiger partial charge >= 0.3 is 0 Å². The fraction of sp³-hybridized carbons (Fsp3) is 0.235. The van der Waals surface area contributed by atoms with Crippen LogP contribution < -0.4 is 5.32 Å². The third-order valence-corrected chi connectivity index (χ3v) is 3.48. The van der Waals surface area contributed by atoms with Gasteiger partial charge in [-0.3, -0.25) is 9.48 Å². The van der Waals surface area contributed by atoms with E-state index in [4.69, 9.17) is 4.52 Å². The number of hydrogen-bond donors (Lipinski definition) is 1. The van der Waals surface area contributed by atoms with Crippen molar-refractivity contribution in [2.24, 2.45) is 0 Å². The molecule has 0 atom stereocenters. The van der Waals surface area contributed by atoms with E-state index in [0.717, 1.165) is 5.56 Å². The predicted molar refractivity (Wildman–Crippen MR) is 86.3 cm³/mol. The lowest BCUT2D eigenvalue weighted by Gasteiger charge is -2.01. The summed E-state index contributed by atoms with van der Waals surface area (Å²) in [5, 5.41) is 10.7. The molecule has 0 radical (unpaired) electrons. The molecule has 24 heavy (non-hydrogen) atoms. The first-order valence-electron chi connectivity index (χ1n) is 7.56. The maximum atomic E-state index is 12.9. The van der Waals surface area contributed by atoms with E-state index in [2.05, 4.69) is 15.6 Å². The van der Waals surface area contributed by atoms with Gasteiger partial charge in [-0.15, -0.1) is 0 Å². The Labute approximate surface area is 138 Å². The van der Waals surface area contributed by atoms with E-state index in [1.165, 1.54) is 12.1 Å². The maximum absolute atomic E-state index is 12.9. The molecule has 3 aromatic rings. The highest BCUT2D eigenvalue weighted by atomic mass is 19.1. The molecule has 2 heterocycles. The summed E-state index contributed by atoms with van der Waals surface area (Å²) in [7, 11) is 0. The smallest absolute Gasteiger partial charge is 0.277 e. The second-order valence-corrected chi connectivity index (χ2v) is 5.78. The summed E-state index contributed by atoms with van der Waals surface area (Å²) in [6.45, 7) is 4.40. The highest BCUT2D eigenvalue weighted by Gasteiger charge is 2.15. The van der Waals surface area contributed by atoms with Crippen LogP contribution in [-0.4, -0.2) is 20.8 Å². The summed E-state index contributed by atoms with van der Waals surface area (Å²) < 4.78 is 19.7. The van der Waals surface area contributed by atoms with Crippen molar-refractivity contribution < 1.29 is 13.7 Å². The monoisotopic (exact) mass is 328 g/mol. The molecule has 2 aromatic heterocycles. The summed E-state index contributed by atoms with van der Waals surface area (Å²) >= 11 is 0. The van der Waals surface area contributed by atoms with E-state index in [1.54, 1.807) is 35.3 Å². The highest BCUT2D eigenvalue weighted by molar-refractivity contribution is 6.02. The molecule has 0 unspecified atom stereocenters. The van der Waals surface area contributed by atoms with Crippen LogP contribution in [0.15, 0.2) is 47.2 Å². The van der Waals surface area contributed by atoms with E-state index >= 15 is 0 Å². The third kappa shape index (κ3) is 3.68. The average molecular weight is 328 g/mol. The number of anilines is 1. The number of nitrogens with zero attached hydrogens (tertiary/aromatic N) is 3. The number of carbonyl (C=O) groups is 1. The largest absolute Gasteiger partial charge is 0.360 e. The first-order valence-corrected chi connectivity index (χ1v) is 7.56. The van der Waals surface area contributed by atoms with E-state index in [-0.39, 0.29) is 23.3 Å². The first-order chi connectivity index (χ1) is 11.5. The molecule has 0 saturated carbocycles. The number of aromatic nitrogens is 3. The van der Waals surface area contributed by atoms with Crippen LogP contribution in [0, 0.1) is 5.82 Å². The molecule has 0 spiro atoms. The van der Waals surface area contributed by atoms with E-state index < -0.39 is 0 Å². The van der Waals surface area contributed by atoms with Gasteiger partial charge in [-0.2, -0.15) is 5.10 Å². The number of benzene rings is 1. The standard InChI is InChI=1S/C17H17FN4O2/c1-11(2)16-7-15(21-24-16)17(23)20-14-8-19-22(10-14)9-12-3-5-13(18)6-4-12/h3-8,10-11H,9H2,1-2H3,(H,20,23). The van der Waals surface area contributed by atoms with Gasteiger partial charge in [-0.05, 0) is 17.7 Å². The zero-order chi connectivity index (χ0) is 17.1. The Hall–Kier alpha value is -2.96. The number of hydrogen-bond acceptors (Lipinski definition) is 4. The Morgan fingerprint density at radius 1 is 1.33 bits per heavy atom. The fourth-order valence-corrected chi connectivity index (χ4v) is 2.16. The van der Waals surface area contributed by atoms with E-state index in [9.17, 15) is 9.18 Å². The lowest BCUT2D eigenvalue weighted by Crippen LogP contribution is -2.11. The molecule has 124 valence electrons. The molecule has 0 bridgehead atoms. The van der Waals surface area contributed by atoms with Crippen LogP contribution in [0.25, 0.3) is 0 Å². The number of rotatable bonds is 5. The number of nitrogens with one attached hydrogen (secondary N) is 1. The predicted octanol–water partition coefficient (Wildman–Crippen LogP) is 3.43. The molecule has 0 fully saturated rings. The zero-order valence-corrected chi connectivity index (χ0v) is 13.4. The number of carbonyl (C=O) groups excluding carboxylic acids is 1. The molecule has 0 saturated heterocycles. The Balaban J connectivity index is 1.64. The molecule has 6 nitrogen and oxygen atoms in total. The molecule has 3 rings (SSSR count). The second kappa shape index (κ2) is 6.66. The molecule has 0 aliphatic heterocycles. The minimum absolute atomic E-state index is 0.164. The van der Waals surface area contributed by atoms with Crippen molar-refractivity contribution >= 4 is 11.6 Å². The van der Waals surface area contributed by atoms with Gasteiger partial charge in [0.2, 0.25) is 0 Å². The molecule has 1 amide bonds. The Bertz CT molecular complexity index is 836. The van der Waals surface area contributed by atoms with Gasteiger partial charge in [-0.25, -0.2) is 4.39 Å². The summed E-state index contributed by atoms with van der Waals surface area (Å²) in [5.74, 6) is 0.192. The van der Waals surface area contributed by atoms with Crippen LogP contribution in [0.5, 0.6) is 0 Å². The van der Waals surface area contributed by atoms with Gasteiger partial charge in [-0.1, -0.05) is 31.1 Å². The minimum Gasteiger partial charge on any atom is -0.360 e. The van der Waals surface area contributed by atoms with Gasteiger partial charge in [0.05, 0.1) is 18.4 Å². The van der Waals surface area contributed by atoms with Crippen molar-refractivity contribution in [2.75, 3.05) is 5.32 Å². The van der Waals surface area contributed by atoms with E-state index in [1.807, 2.05) is 13.8 Å². The van der Waals surface area contributed by atoms with Gasteiger partial charge in [0.15, 0.2) is 5.69 Å². The first kappa shape index (κ1) is 15.9. The summed E-state index contributed by atoms with van der Waals surface area (Å²) in [6.07, 6.45) is 3.25. The Kier molecular flexibility index (Phi) is 4.41. The van der Waals surface area contributed by atoms with Crippen LogP contribution in [0.4, 0.5) is 10.1 Å². The average Bonchev–Trinajstić information content (AvgIpc) is 3.19. The molecule has 0 aliphatic carbocycles. The third-order valence-electron chi connectivity index (χ3n) is 3.48. The topological polar surface area (TPSA) is 73.0 Å². The van der Waals surface area contributed by atoms with Crippen LogP contribution >= 0.6 is 0 Å². The van der Waals surface area contributed by atoms with Crippen LogP contribution in [0.3, 0.4) is 0 Å². The molecule has 7 heteroatoms. The highest BCUT2D eigenvalue weighted by Crippen LogP contribution is 2.16. The van der Waals surface area contributed by atoms with Crippen molar-refractivity contribution in [3.8, 4) is 0 Å². The molecular formula is C17H17FN4O2. The Morgan fingerprint density at radius 3 is 2.75 bits per heavy atom. The summed E-state index contributed by atoms with van der Waals surface area (Å²) in [4.78, 5) is 12.1. The molecule has 1 N–H and O–H groups in total. The lowest BCUT2D eigenvalue weighted by molar-refractivity contribution is 0.101. The van der Waals surface area contributed by atoms with Crippen molar-refractivity contribution in [1.82, 2.24) is 14.9 Å². The molecule has 0 aliphatic rings. The number of halogens is 1. The van der Waals surface area contributed by atoms with Crippen LogP contribution in [0.2, 0.25) is 0 Å². The van der Waals surface area contributed by atoms with E-state index in [0.29, 0.717) is 18.0 Å². The Morgan fingerprint density at radius 2 is 2.08 bits per heavy atom. The maximum Gasteiger partial charge on any atom is 0.277 e. The van der Waals surface area contributed by atoms with Gasteiger partial charge in [0, 0.05) is 18.2 Å². The SMILES string of the molecule is CC(C)c1cc(C(=O)Nc2cnn(Cc3ccc(F)cc3)c2)no1. The van der Waals surface area contributed by atoms with Gasteiger partial charge in [0.1, 0.15) is 11.6 Å². The van der Waals surface area contributed by atoms with Gasteiger partial charge < -0.3 is 9.84 Å². The second-order valence-electron chi connectivity index (χ2n) is 5.78. The summed E-state index contributed by atoms with van der Waals surface area (Å²) in [6, 6.07) is 7.82. The fourth-order valence-electron chi connectivity index (χ4n) is 2.16. The van der Waals surface area contributed by atoms with Crippen LogP contribution in [0.1, 0.15) is 41.6 Å². The normalized spacial score (nSPS) is 11.0. The van der Waals surface area contributed by atoms with Crippen LogP contribution in [-0.2, 0) is 6.54 Å². The van der Waals surface area contributed by atoms with Crippen molar-refractivity contribution in [3.63, 3.8) is 0 Å². The quantitative estimate of drug-likeness (QED) is 0.779. The molecular weight excluding hydrogens is 311 g/mol. The summed E-state index contributed by atoms with van der Waals surface area (Å²) in [5.41, 5.74) is 1.69. The van der Waals surface area contributed by atoms with Crippen molar-refractivity contribution in [3.05, 3.63) is 65.6 Å².